The zero-order valence-electron chi connectivity index (χ0n) is 17.2. The molecule has 0 atom stereocenters. The molecular weight excluding hydrogens is 406 g/mol. The standard InChI is InChI=1S/C23H26F2N4.ClH/c1-23(2)11-9-17(10-12-23)26-13-19-20(24)8-7-18(21(19)25)15-3-5-16(6-4-15)22-27-14-28-29-22;/h3-8,14,17,26H,9-13H2,1-2H3,(H,27,28,29);1H. The highest BCUT2D eigenvalue weighted by molar-refractivity contribution is 5.85. The van der Waals surface area contributed by atoms with E-state index in [2.05, 4.69) is 34.3 Å². The summed E-state index contributed by atoms with van der Waals surface area (Å²) in [4.78, 5) is 4.11. The van der Waals surface area contributed by atoms with Gasteiger partial charge in [-0.3, -0.25) is 5.10 Å². The average Bonchev–Trinajstić information content (AvgIpc) is 3.24. The Morgan fingerprint density at radius 3 is 2.33 bits per heavy atom. The number of nitrogens with zero attached hydrogens (tertiary/aromatic N) is 2. The minimum atomic E-state index is -0.507. The first-order valence-corrected chi connectivity index (χ1v) is 10.1. The second-order valence-corrected chi connectivity index (χ2v) is 8.61. The lowest BCUT2D eigenvalue weighted by molar-refractivity contribution is 0.205. The molecule has 0 spiro atoms. The van der Waals surface area contributed by atoms with E-state index in [1.165, 1.54) is 18.5 Å². The van der Waals surface area contributed by atoms with Crippen LogP contribution >= 0.6 is 12.4 Å². The van der Waals surface area contributed by atoms with Crippen LogP contribution in [0.15, 0.2) is 42.7 Å². The van der Waals surface area contributed by atoms with Gasteiger partial charge in [-0.15, -0.1) is 12.4 Å². The number of benzene rings is 2. The summed E-state index contributed by atoms with van der Waals surface area (Å²) in [6.45, 7) is 4.75. The van der Waals surface area contributed by atoms with Crippen molar-refractivity contribution >= 4 is 12.4 Å². The maximum Gasteiger partial charge on any atom is 0.180 e. The Morgan fingerprint density at radius 2 is 1.70 bits per heavy atom. The molecule has 160 valence electrons. The molecule has 0 unspecified atom stereocenters. The van der Waals surface area contributed by atoms with Crippen LogP contribution in [0.4, 0.5) is 8.78 Å². The predicted molar refractivity (Wildman–Crippen MR) is 117 cm³/mol. The summed E-state index contributed by atoms with van der Waals surface area (Å²) in [6, 6.07) is 10.4. The number of nitrogens with one attached hydrogen (secondary N) is 2. The Kier molecular flexibility index (Phi) is 6.88. The van der Waals surface area contributed by atoms with Gasteiger partial charge in [-0.2, -0.15) is 5.10 Å². The van der Waals surface area contributed by atoms with Gasteiger partial charge < -0.3 is 5.32 Å². The first-order chi connectivity index (χ1) is 13.9. The van der Waals surface area contributed by atoms with E-state index in [0.29, 0.717) is 28.4 Å². The fourth-order valence-electron chi connectivity index (χ4n) is 3.98. The quantitative estimate of drug-likeness (QED) is 0.528. The highest BCUT2D eigenvalue weighted by atomic mass is 35.5. The van der Waals surface area contributed by atoms with Crippen LogP contribution in [0.2, 0.25) is 0 Å². The van der Waals surface area contributed by atoms with Gasteiger partial charge in [0.1, 0.15) is 18.0 Å². The van der Waals surface area contributed by atoms with Crippen LogP contribution in [0.1, 0.15) is 45.1 Å². The third-order valence-corrected chi connectivity index (χ3v) is 5.96. The summed E-state index contributed by atoms with van der Waals surface area (Å²) in [6.07, 6.45) is 5.85. The van der Waals surface area contributed by atoms with Gasteiger partial charge in [0, 0.05) is 29.3 Å². The molecular formula is C23H27ClF2N4. The molecule has 2 N–H and O–H groups in total. The largest absolute Gasteiger partial charge is 0.310 e. The third-order valence-electron chi connectivity index (χ3n) is 5.96. The molecule has 1 fully saturated rings. The Hall–Kier alpha value is -2.31. The van der Waals surface area contributed by atoms with E-state index >= 15 is 4.39 Å². The summed E-state index contributed by atoms with van der Waals surface area (Å²) in [5.74, 6) is -0.428. The van der Waals surface area contributed by atoms with Crippen molar-refractivity contribution in [1.29, 1.82) is 0 Å². The van der Waals surface area contributed by atoms with Crippen molar-refractivity contribution < 1.29 is 8.78 Å². The van der Waals surface area contributed by atoms with E-state index in [1.54, 1.807) is 0 Å². The smallest absolute Gasteiger partial charge is 0.180 e. The summed E-state index contributed by atoms with van der Waals surface area (Å²) < 4.78 is 29.5. The van der Waals surface area contributed by atoms with Gasteiger partial charge in [-0.25, -0.2) is 13.8 Å². The van der Waals surface area contributed by atoms with Gasteiger partial charge in [-0.1, -0.05) is 38.1 Å². The van der Waals surface area contributed by atoms with Gasteiger partial charge in [0.25, 0.3) is 0 Å². The lowest BCUT2D eigenvalue weighted by atomic mass is 9.75. The number of hydrogen-bond donors (Lipinski definition) is 2. The fourth-order valence-corrected chi connectivity index (χ4v) is 3.98. The van der Waals surface area contributed by atoms with Crippen molar-refractivity contribution in [1.82, 2.24) is 20.5 Å². The number of hydrogen-bond acceptors (Lipinski definition) is 3. The molecule has 0 amide bonds. The lowest BCUT2D eigenvalue weighted by Crippen LogP contribution is -2.35. The molecule has 1 aliphatic carbocycles. The lowest BCUT2D eigenvalue weighted by Gasteiger charge is -2.34. The predicted octanol–water partition coefficient (Wildman–Crippen LogP) is 5.90. The summed E-state index contributed by atoms with van der Waals surface area (Å²) in [5.41, 5.74) is 2.40. The van der Waals surface area contributed by atoms with E-state index in [9.17, 15) is 4.39 Å². The Morgan fingerprint density at radius 1 is 1.03 bits per heavy atom. The topological polar surface area (TPSA) is 53.6 Å². The van der Waals surface area contributed by atoms with Crippen molar-refractivity contribution in [2.24, 2.45) is 5.41 Å². The number of aromatic amines is 1. The molecule has 7 heteroatoms. The van der Waals surface area contributed by atoms with Gasteiger partial charge >= 0.3 is 0 Å². The number of H-pyrrole nitrogens is 1. The molecule has 1 aromatic heterocycles. The van der Waals surface area contributed by atoms with Crippen LogP contribution in [0.3, 0.4) is 0 Å². The van der Waals surface area contributed by atoms with Crippen molar-refractivity contribution in [2.45, 2.75) is 52.1 Å². The Labute approximate surface area is 181 Å². The second-order valence-electron chi connectivity index (χ2n) is 8.61. The van der Waals surface area contributed by atoms with Crippen LogP contribution in [-0.4, -0.2) is 21.2 Å². The molecule has 30 heavy (non-hydrogen) atoms. The Balaban J connectivity index is 0.00000256. The minimum absolute atomic E-state index is 0. The van der Waals surface area contributed by atoms with E-state index < -0.39 is 11.6 Å². The van der Waals surface area contributed by atoms with E-state index in [1.807, 2.05) is 24.3 Å². The van der Waals surface area contributed by atoms with Crippen LogP contribution < -0.4 is 5.32 Å². The van der Waals surface area contributed by atoms with Crippen molar-refractivity contribution in [2.75, 3.05) is 0 Å². The molecule has 0 bridgehead atoms. The molecule has 1 heterocycles. The number of rotatable bonds is 5. The third kappa shape index (κ3) is 4.87. The van der Waals surface area contributed by atoms with E-state index in [0.717, 1.165) is 31.2 Å². The van der Waals surface area contributed by atoms with Gasteiger partial charge in [-0.05, 0) is 48.8 Å². The number of aromatic nitrogens is 3. The molecule has 1 aliphatic rings. The van der Waals surface area contributed by atoms with Crippen LogP contribution in [0.5, 0.6) is 0 Å². The maximum atomic E-state index is 15.2. The zero-order chi connectivity index (χ0) is 20.4. The van der Waals surface area contributed by atoms with Gasteiger partial charge in [0.05, 0.1) is 0 Å². The van der Waals surface area contributed by atoms with Crippen molar-refractivity contribution in [3.63, 3.8) is 0 Å². The van der Waals surface area contributed by atoms with Crippen LogP contribution in [0.25, 0.3) is 22.5 Å². The first-order valence-electron chi connectivity index (χ1n) is 10.1. The highest BCUT2D eigenvalue weighted by Crippen LogP contribution is 2.35. The summed E-state index contributed by atoms with van der Waals surface area (Å²) in [5, 5.41) is 10.1. The minimum Gasteiger partial charge on any atom is -0.310 e. The summed E-state index contributed by atoms with van der Waals surface area (Å²) >= 11 is 0. The zero-order valence-corrected chi connectivity index (χ0v) is 18.0. The SMILES string of the molecule is CC1(C)CCC(NCc2c(F)ccc(-c3ccc(-c4nc[nH]n4)cc3)c2F)CC1.Cl. The molecule has 2 aromatic carbocycles. The molecule has 0 radical (unpaired) electrons. The Bertz CT molecular complexity index is 962. The molecule has 4 nitrogen and oxygen atoms in total. The monoisotopic (exact) mass is 432 g/mol. The molecule has 4 rings (SSSR count). The summed E-state index contributed by atoms with van der Waals surface area (Å²) in [7, 11) is 0. The number of halogens is 3. The van der Waals surface area contributed by atoms with Crippen LogP contribution in [0, 0.1) is 17.0 Å². The van der Waals surface area contributed by atoms with Gasteiger partial charge in [0.2, 0.25) is 0 Å². The first kappa shape index (κ1) is 22.4. The van der Waals surface area contributed by atoms with E-state index in [4.69, 9.17) is 0 Å². The van der Waals surface area contributed by atoms with E-state index in [-0.39, 0.29) is 24.5 Å². The van der Waals surface area contributed by atoms with Crippen LogP contribution in [-0.2, 0) is 6.54 Å². The average molecular weight is 433 g/mol. The molecule has 0 saturated heterocycles. The molecule has 3 aromatic rings. The second kappa shape index (κ2) is 9.23. The maximum absolute atomic E-state index is 15.2. The van der Waals surface area contributed by atoms with Gasteiger partial charge in [0.15, 0.2) is 5.82 Å². The molecule has 1 saturated carbocycles. The molecule has 0 aliphatic heterocycles. The normalized spacial score (nSPS) is 16.3. The van der Waals surface area contributed by atoms with Crippen molar-refractivity contribution in [3.8, 4) is 22.5 Å². The highest BCUT2D eigenvalue weighted by Gasteiger charge is 2.27. The fraction of sp³-hybridized carbons (Fsp3) is 0.391. The van der Waals surface area contributed by atoms with Crippen molar-refractivity contribution in [3.05, 3.63) is 59.9 Å².